The molecule has 2 aromatic rings. The minimum atomic E-state index is -0.297. The number of halogens is 1. The summed E-state index contributed by atoms with van der Waals surface area (Å²) in [6.45, 7) is 4.14. The predicted octanol–water partition coefficient (Wildman–Crippen LogP) is 4.32. The summed E-state index contributed by atoms with van der Waals surface area (Å²) in [4.78, 5) is 1.18. The maximum absolute atomic E-state index is 13.7. The van der Waals surface area contributed by atoms with Crippen LogP contribution in [0, 0.1) is 19.7 Å². The molecule has 2 aromatic carbocycles. The molecule has 0 unspecified atom stereocenters. The first kappa shape index (κ1) is 13.0. The molecule has 0 bridgehead atoms. The minimum Gasteiger partial charge on any atom is -0.396 e. The summed E-state index contributed by atoms with van der Waals surface area (Å²) in [5, 5.41) is 0. The SMILES string of the molecule is Cc1ccc(SCc2cccc(N)c2F)c(C)c1. The van der Waals surface area contributed by atoms with Gasteiger partial charge in [-0.2, -0.15) is 0 Å². The second kappa shape index (κ2) is 5.44. The Balaban J connectivity index is 2.14. The first-order valence-corrected chi connectivity index (χ1v) is 6.79. The number of benzene rings is 2. The van der Waals surface area contributed by atoms with Gasteiger partial charge >= 0.3 is 0 Å². The van der Waals surface area contributed by atoms with Gasteiger partial charge in [-0.1, -0.05) is 29.8 Å². The van der Waals surface area contributed by atoms with Gasteiger partial charge in [0.1, 0.15) is 5.82 Å². The Kier molecular flexibility index (Phi) is 3.92. The molecule has 18 heavy (non-hydrogen) atoms. The lowest BCUT2D eigenvalue weighted by atomic mass is 10.2. The molecule has 2 rings (SSSR count). The van der Waals surface area contributed by atoms with Crippen molar-refractivity contribution in [3.63, 3.8) is 0 Å². The molecule has 0 atom stereocenters. The molecule has 1 nitrogen and oxygen atoms in total. The maximum Gasteiger partial charge on any atom is 0.150 e. The van der Waals surface area contributed by atoms with E-state index >= 15 is 0 Å². The second-order valence-electron chi connectivity index (χ2n) is 4.38. The molecule has 0 saturated carbocycles. The number of hydrogen-bond donors (Lipinski definition) is 1. The number of aryl methyl sites for hydroxylation is 2. The molecule has 0 amide bonds. The van der Waals surface area contributed by atoms with Crippen molar-refractivity contribution in [2.45, 2.75) is 24.5 Å². The number of anilines is 1. The molecule has 0 fully saturated rings. The predicted molar refractivity (Wildman–Crippen MR) is 76.3 cm³/mol. The van der Waals surface area contributed by atoms with Crippen LogP contribution in [0.5, 0.6) is 0 Å². The molecule has 3 heteroatoms. The van der Waals surface area contributed by atoms with Crippen LogP contribution < -0.4 is 5.73 Å². The van der Waals surface area contributed by atoms with E-state index < -0.39 is 0 Å². The normalized spacial score (nSPS) is 10.6. The molecular formula is C15H16FNS. The molecule has 94 valence electrons. The summed E-state index contributed by atoms with van der Waals surface area (Å²) in [6.07, 6.45) is 0. The van der Waals surface area contributed by atoms with Crippen LogP contribution in [-0.2, 0) is 5.75 Å². The Morgan fingerprint density at radius 1 is 1.17 bits per heavy atom. The quantitative estimate of drug-likeness (QED) is 0.658. The standard InChI is InChI=1S/C15H16FNS/c1-10-6-7-14(11(2)8-10)18-9-12-4-3-5-13(17)15(12)16/h3-8H,9,17H2,1-2H3. The highest BCUT2D eigenvalue weighted by Gasteiger charge is 2.07. The van der Waals surface area contributed by atoms with Crippen LogP contribution in [-0.4, -0.2) is 0 Å². The largest absolute Gasteiger partial charge is 0.396 e. The number of nitrogen functional groups attached to an aromatic ring is 1. The maximum atomic E-state index is 13.7. The minimum absolute atomic E-state index is 0.216. The van der Waals surface area contributed by atoms with E-state index in [1.807, 2.05) is 0 Å². The van der Waals surface area contributed by atoms with Crippen LogP contribution in [0.3, 0.4) is 0 Å². The first-order chi connectivity index (χ1) is 8.58. The van der Waals surface area contributed by atoms with Crippen molar-refractivity contribution in [3.05, 3.63) is 58.9 Å². The monoisotopic (exact) mass is 261 g/mol. The number of thioether (sulfide) groups is 1. The average molecular weight is 261 g/mol. The van der Waals surface area contributed by atoms with E-state index in [4.69, 9.17) is 5.73 Å². The van der Waals surface area contributed by atoms with Crippen molar-refractivity contribution in [2.75, 3.05) is 5.73 Å². The summed E-state index contributed by atoms with van der Waals surface area (Å²) >= 11 is 1.64. The van der Waals surface area contributed by atoms with Crippen LogP contribution in [0.1, 0.15) is 16.7 Å². The van der Waals surface area contributed by atoms with E-state index in [0.29, 0.717) is 11.3 Å². The van der Waals surface area contributed by atoms with E-state index in [1.165, 1.54) is 16.0 Å². The van der Waals surface area contributed by atoms with Crippen LogP contribution in [0.4, 0.5) is 10.1 Å². The van der Waals surface area contributed by atoms with Gasteiger partial charge in [0.25, 0.3) is 0 Å². The average Bonchev–Trinajstić information content (AvgIpc) is 2.33. The van der Waals surface area contributed by atoms with Gasteiger partial charge in [-0.05, 0) is 31.5 Å². The van der Waals surface area contributed by atoms with Gasteiger partial charge in [0.15, 0.2) is 0 Å². The zero-order chi connectivity index (χ0) is 13.1. The molecular weight excluding hydrogens is 245 g/mol. The summed E-state index contributed by atoms with van der Waals surface area (Å²) in [5.41, 5.74) is 8.89. The topological polar surface area (TPSA) is 26.0 Å². The Hall–Kier alpha value is -1.48. The van der Waals surface area contributed by atoms with Crippen molar-refractivity contribution in [3.8, 4) is 0 Å². The van der Waals surface area contributed by atoms with Crippen LogP contribution in [0.25, 0.3) is 0 Å². The molecule has 0 radical (unpaired) electrons. The molecule has 0 aliphatic rings. The van der Waals surface area contributed by atoms with Crippen molar-refractivity contribution < 1.29 is 4.39 Å². The Labute approximate surface area is 111 Å². The van der Waals surface area contributed by atoms with Gasteiger partial charge in [-0.25, -0.2) is 4.39 Å². The van der Waals surface area contributed by atoms with E-state index in [9.17, 15) is 4.39 Å². The van der Waals surface area contributed by atoms with E-state index in [0.717, 1.165) is 0 Å². The summed E-state index contributed by atoms with van der Waals surface area (Å²) < 4.78 is 13.7. The summed E-state index contributed by atoms with van der Waals surface area (Å²) in [5.74, 6) is 0.301. The lowest BCUT2D eigenvalue weighted by molar-refractivity contribution is 0.622. The van der Waals surface area contributed by atoms with Crippen molar-refractivity contribution in [1.29, 1.82) is 0 Å². The van der Waals surface area contributed by atoms with E-state index in [1.54, 1.807) is 30.0 Å². The van der Waals surface area contributed by atoms with Gasteiger partial charge < -0.3 is 5.73 Å². The molecule has 0 saturated heterocycles. The lowest BCUT2D eigenvalue weighted by Gasteiger charge is -2.08. The molecule has 2 N–H and O–H groups in total. The van der Waals surface area contributed by atoms with Gasteiger partial charge in [0.2, 0.25) is 0 Å². The highest BCUT2D eigenvalue weighted by molar-refractivity contribution is 7.98. The van der Waals surface area contributed by atoms with Gasteiger partial charge in [0, 0.05) is 16.2 Å². The Morgan fingerprint density at radius 3 is 2.67 bits per heavy atom. The molecule has 0 aliphatic carbocycles. The smallest absolute Gasteiger partial charge is 0.150 e. The lowest BCUT2D eigenvalue weighted by Crippen LogP contribution is -1.95. The molecule has 0 spiro atoms. The first-order valence-electron chi connectivity index (χ1n) is 5.81. The summed E-state index contributed by atoms with van der Waals surface area (Å²) in [7, 11) is 0. The second-order valence-corrected chi connectivity index (χ2v) is 5.40. The van der Waals surface area contributed by atoms with Gasteiger partial charge in [0.05, 0.1) is 5.69 Å². The fourth-order valence-corrected chi connectivity index (χ4v) is 2.81. The zero-order valence-electron chi connectivity index (χ0n) is 10.5. The molecule has 0 heterocycles. The fourth-order valence-electron chi connectivity index (χ4n) is 1.83. The molecule has 0 aliphatic heterocycles. The number of hydrogen-bond acceptors (Lipinski definition) is 2. The third-order valence-corrected chi connectivity index (χ3v) is 4.05. The fraction of sp³-hybridized carbons (Fsp3) is 0.200. The van der Waals surface area contributed by atoms with Gasteiger partial charge in [-0.3, -0.25) is 0 Å². The Bertz CT molecular complexity index is 566. The van der Waals surface area contributed by atoms with Crippen molar-refractivity contribution in [1.82, 2.24) is 0 Å². The van der Waals surface area contributed by atoms with E-state index in [2.05, 4.69) is 32.0 Å². The Morgan fingerprint density at radius 2 is 1.94 bits per heavy atom. The zero-order valence-corrected chi connectivity index (χ0v) is 11.4. The number of rotatable bonds is 3. The highest BCUT2D eigenvalue weighted by Crippen LogP contribution is 2.28. The van der Waals surface area contributed by atoms with Crippen LogP contribution in [0.2, 0.25) is 0 Å². The third kappa shape index (κ3) is 2.85. The van der Waals surface area contributed by atoms with Crippen molar-refractivity contribution in [2.24, 2.45) is 0 Å². The van der Waals surface area contributed by atoms with Crippen LogP contribution >= 0.6 is 11.8 Å². The third-order valence-electron chi connectivity index (χ3n) is 2.82. The highest BCUT2D eigenvalue weighted by atomic mass is 32.2. The van der Waals surface area contributed by atoms with Crippen molar-refractivity contribution >= 4 is 17.4 Å². The molecule has 0 aromatic heterocycles. The van der Waals surface area contributed by atoms with E-state index in [-0.39, 0.29) is 11.5 Å². The number of nitrogens with two attached hydrogens (primary N) is 1. The van der Waals surface area contributed by atoms with Crippen LogP contribution in [0.15, 0.2) is 41.3 Å². The van der Waals surface area contributed by atoms with Gasteiger partial charge in [-0.15, -0.1) is 11.8 Å². The summed E-state index contributed by atoms with van der Waals surface area (Å²) in [6, 6.07) is 11.4.